The summed E-state index contributed by atoms with van der Waals surface area (Å²) in [5.41, 5.74) is 5.96. The van der Waals surface area contributed by atoms with E-state index in [2.05, 4.69) is 46.3 Å². The Bertz CT molecular complexity index is 569. The maximum atomic E-state index is 3.27. The molecule has 2 nitrogen and oxygen atoms in total. The molecule has 2 aromatic rings. The molecule has 0 radical (unpaired) electrons. The number of hydrogen-bond donors (Lipinski definition) is 1. The molecular weight excluding hydrogens is 256 g/mol. The van der Waals surface area contributed by atoms with Crippen LogP contribution in [0.15, 0.2) is 36.4 Å². The van der Waals surface area contributed by atoms with Crippen LogP contribution in [-0.2, 0) is 19.4 Å². The highest BCUT2D eigenvalue weighted by molar-refractivity contribution is 5.62. The molecule has 1 aliphatic carbocycles. The van der Waals surface area contributed by atoms with Crippen molar-refractivity contribution in [3.8, 4) is 11.3 Å². The van der Waals surface area contributed by atoms with Crippen LogP contribution in [0.2, 0.25) is 0 Å². The minimum absolute atomic E-state index is 1.08. The Morgan fingerprint density at radius 2 is 1.86 bits per heavy atom. The van der Waals surface area contributed by atoms with Crippen LogP contribution >= 0.6 is 0 Å². The highest BCUT2D eigenvalue weighted by atomic mass is 15.0. The summed E-state index contributed by atoms with van der Waals surface area (Å²) in [6.07, 6.45) is 7.78. The van der Waals surface area contributed by atoms with Crippen molar-refractivity contribution < 1.29 is 0 Å². The smallest absolute Gasteiger partial charge is 0.0485 e. The van der Waals surface area contributed by atoms with E-state index in [9.17, 15) is 0 Å². The molecule has 21 heavy (non-hydrogen) atoms. The molecule has 0 saturated heterocycles. The van der Waals surface area contributed by atoms with E-state index in [0.29, 0.717) is 0 Å². The van der Waals surface area contributed by atoms with Crippen molar-refractivity contribution in [1.29, 1.82) is 0 Å². The maximum Gasteiger partial charge on any atom is 0.0485 e. The normalized spacial score (nSPS) is 14.7. The van der Waals surface area contributed by atoms with E-state index >= 15 is 0 Å². The maximum absolute atomic E-state index is 3.27. The first kappa shape index (κ1) is 14.4. The molecule has 0 fully saturated rings. The van der Waals surface area contributed by atoms with Gasteiger partial charge in [-0.25, -0.2) is 0 Å². The van der Waals surface area contributed by atoms with Gasteiger partial charge in [-0.3, -0.25) is 0 Å². The first-order valence-electron chi connectivity index (χ1n) is 8.31. The lowest BCUT2D eigenvalue weighted by Crippen LogP contribution is -2.13. The summed E-state index contributed by atoms with van der Waals surface area (Å²) in [5.74, 6) is 0. The molecule has 0 atom stereocenters. The fraction of sp³-hybridized carbons (Fsp3) is 0.474. The predicted octanol–water partition coefficient (Wildman–Crippen LogP) is 4.03. The average molecular weight is 282 g/mol. The van der Waals surface area contributed by atoms with Crippen molar-refractivity contribution in [3.63, 3.8) is 0 Å². The number of rotatable bonds is 5. The van der Waals surface area contributed by atoms with Crippen LogP contribution in [0, 0.1) is 0 Å². The van der Waals surface area contributed by atoms with Gasteiger partial charge >= 0.3 is 0 Å². The molecule has 1 N–H and O–H groups in total. The van der Waals surface area contributed by atoms with Gasteiger partial charge in [0.1, 0.15) is 0 Å². The van der Waals surface area contributed by atoms with Crippen LogP contribution in [0.5, 0.6) is 0 Å². The summed E-state index contributed by atoms with van der Waals surface area (Å²) >= 11 is 0. The fourth-order valence-corrected chi connectivity index (χ4v) is 3.46. The van der Waals surface area contributed by atoms with Crippen molar-refractivity contribution in [2.24, 2.45) is 0 Å². The van der Waals surface area contributed by atoms with Crippen LogP contribution in [0.25, 0.3) is 11.3 Å². The summed E-state index contributed by atoms with van der Waals surface area (Å²) in [6.45, 7) is 2.21. The highest BCUT2D eigenvalue weighted by Gasteiger charge is 2.17. The van der Waals surface area contributed by atoms with Gasteiger partial charge < -0.3 is 9.88 Å². The summed E-state index contributed by atoms with van der Waals surface area (Å²) in [5, 5.41) is 3.27. The van der Waals surface area contributed by atoms with Crippen LogP contribution in [0.4, 0.5) is 0 Å². The van der Waals surface area contributed by atoms with Crippen LogP contribution < -0.4 is 5.32 Å². The second-order valence-corrected chi connectivity index (χ2v) is 6.04. The first-order chi connectivity index (χ1) is 10.4. The fourth-order valence-electron chi connectivity index (χ4n) is 3.46. The Kier molecular flexibility index (Phi) is 4.76. The topological polar surface area (TPSA) is 17.0 Å². The van der Waals surface area contributed by atoms with Crippen molar-refractivity contribution >= 4 is 0 Å². The molecule has 1 aromatic carbocycles. The van der Waals surface area contributed by atoms with Crippen LogP contribution in [0.1, 0.15) is 36.9 Å². The molecule has 1 aromatic heterocycles. The molecule has 0 spiro atoms. The summed E-state index contributed by atoms with van der Waals surface area (Å²) in [4.78, 5) is 0. The SMILES string of the molecule is CNCCCn1c(-c2ccccc2)cc2c1CCCCC2. The van der Waals surface area contributed by atoms with Gasteiger partial charge in [0.2, 0.25) is 0 Å². The Morgan fingerprint density at radius 3 is 2.67 bits per heavy atom. The van der Waals surface area contributed by atoms with Crippen molar-refractivity contribution in [2.75, 3.05) is 13.6 Å². The second-order valence-electron chi connectivity index (χ2n) is 6.04. The Labute approximate surface area is 128 Å². The first-order valence-corrected chi connectivity index (χ1v) is 8.31. The molecule has 0 amide bonds. The number of nitrogens with one attached hydrogen (secondary N) is 1. The van der Waals surface area contributed by atoms with E-state index in [-0.39, 0.29) is 0 Å². The molecule has 112 valence electrons. The Balaban J connectivity index is 1.97. The van der Waals surface area contributed by atoms with Gasteiger partial charge in [0.15, 0.2) is 0 Å². The molecule has 1 aliphatic rings. The van der Waals surface area contributed by atoms with E-state index in [1.165, 1.54) is 49.8 Å². The van der Waals surface area contributed by atoms with E-state index in [1.807, 2.05) is 7.05 Å². The molecule has 3 rings (SSSR count). The molecule has 0 bridgehead atoms. The quantitative estimate of drug-likeness (QED) is 0.647. The van der Waals surface area contributed by atoms with Gasteiger partial charge in [-0.15, -0.1) is 0 Å². The van der Waals surface area contributed by atoms with E-state index in [0.717, 1.165) is 13.1 Å². The lowest BCUT2D eigenvalue weighted by atomic mass is 10.1. The van der Waals surface area contributed by atoms with Crippen molar-refractivity contribution in [1.82, 2.24) is 9.88 Å². The van der Waals surface area contributed by atoms with E-state index in [1.54, 1.807) is 11.3 Å². The van der Waals surface area contributed by atoms with Crippen molar-refractivity contribution in [2.45, 2.75) is 45.1 Å². The van der Waals surface area contributed by atoms with Gasteiger partial charge in [-0.05, 0) is 62.9 Å². The summed E-state index contributed by atoms with van der Waals surface area (Å²) in [7, 11) is 2.04. The van der Waals surface area contributed by atoms with E-state index in [4.69, 9.17) is 0 Å². The van der Waals surface area contributed by atoms with Gasteiger partial charge in [0.05, 0.1) is 0 Å². The predicted molar refractivity (Wildman–Crippen MR) is 89.7 cm³/mol. The number of aromatic nitrogens is 1. The largest absolute Gasteiger partial charge is 0.344 e. The zero-order chi connectivity index (χ0) is 14.5. The zero-order valence-electron chi connectivity index (χ0n) is 13.1. The molecule has 0 unspecified atom stereocenters. The monoisotopic (exact) mass is 282 g/mol. The molecular formula is C19H26N2. The van der Waals surface area contributed by atoms with Crippen molar-refractivity contribution in [3.05, 3.63) is 47.7 Å². The summed E-state index contributed by atoms with van der Waals surface area (Å²) in [6, 6.07) is 13.3. The Morgan fingerprint density at radius 1 is 1.05 bits per heavy atom. The molecule has 2 heteroatoms. The van der Waals surface area contributed by atoms with E-state index < -0.39 is 0 Å². The highest BCUT2D eigenvalue weighted by Crippen LogP contribution is 2.30. The van der Waals surface area contributed by atoms with Gasteiger partial charge in [0.25, 0.3) is 0 Å². The third-order valence-corrected chi connectivity index (χ3v) is 4.54. The molecule has 0 aliphatic heterocycles. The zero-order valence-corrected chi connectivity index (χ0v) is 13.1. The van der Waals surface area contributed by atoms with Crippen LogP contribution in [0.3, 0.4) is 0 Å². The van der Waals surface area contributed by atoms with Crippen LogP contribution in [-0.4, -0.2) is 18.2 Å². The summed E-state index contributed by atoms with van der Waals surface area (Å²) < 4.78 is 2.59. The number of nitrogens with zero attached hydrogens (tertiary/aromatic N) is 1. The standard InChI is InChI=1S/C19H26N2/c1-20-13-8-14-21-18-12-7-3-6-11-17(18)15-19(21)16-9-4-2-5-10-16/h2,4-5,9-10,15,20H,3,6-8,11-14H2,1H3. The molecule has 1 heterocycles. The number of aryl methyl sites for hydroxylation is 1. The third kappa shape index (κ3) is 3.21. The van der Waals surface area contributed by atoms with Gasteiger partial charge in [-0.1, -0.05) is 36.8 Å². The Hall–Kier alpha value is -1.54. The lowest BCUT2D eigenvalue weighted by molar-refractivity contribution is 0.593. The second kappa shape index (κ2) is 6.95. The third-order valence-electron chi connectivity index (χ3n) is 4.54. The molecule has 0 saturated carbocycles. The minimum Gasteiger partial charge on any atom is -0.344 e. The number of hydrogen-bond acceptors (Lipinski definition) is 1. The lowest BCUT2D eigenvalue weighted by Gasteiger charge is -2.14. The van der Waals surface area contributed by atoms with Gasteiger partial charge in [-0.2, -0.15) is 0 Å². The average Bonchev–Trinajstić information content (AvgIpc) is 2.70. The van der Waals surface area contributed by atoms with Gasteiger partial charge in [0, 0.05) is 17.9 Å². The minimum atomic E-state index is 1.08. The number of benzene rings is 1. The number of fused-ring (bicyclic) bond motifs is 1.